The average molecular weight is 475 g/mol. The van der Waals surface area contributed by atoms with Crippen LogP contribution in [0.25, 0.3) is 0 Å². The maximum absolute atomic E-state index is 12.6. The van der Waals surface area contributed by atoms with Gasteiger partial charge in [0.1, 0.15) is 11.8 Å². The molecule has 2 amide bonds. The van der Waals surface area contributed by atoms with E-state index in [1.54, 1.807) is 11.8 Å². The van der Waals surface area contributed by atoms with Crippen molar-refractivity contribution in [2.24, 2.45) is 4.99 Å². The van der Waals surface area contributed by atoms with E-state index in [1.165, 1.54) is 16.7 Å². The molecular formula is C27H30N4O2S. The predicted octanol–water partition coefficient (Wildman–Crippen LogP) is 5.37. The van der Waals surface area contributed by atoms with Crippen LogP contribution in [0.2, 0.25) is 0 Å². The molecule has 1 aliphatic carbocycles. The molecule has 3 aliphatic rings. The van der Waals surface area contributed by atoms with Crippen molar-refractivity contribution in [2.45, 2.75) is 56.9 Å². The van der Waals surface area contributed by atoms with E-state index in [9.17, 15) is 10.1 Å². The summed E-state index contributed by atoms with van der Waals surface area (Å²) in [6.45, 7) is 6.35. The molecule has 0 radical (unpaired) electrons. The molecule has 2 atom stereocenters. The number of amides is 2. The molecular weight excluding hydrogens is 444 g/mol. The second kappa shape index (κ2) is 9.71. The maximum atomic E-state index is 12.6. The van der Waals surface area contributed by atoms with Crippen molar-refractivity contribution >= 4 is 22.8 Å². The molecule has 6 nitrogen and oxygen atoms in total. The highest BCUT2D eigenvalue weighted by molar-refractivity contribution is 8.14. The fraction of sp³-hybridized carbons (Fsp3) is 0.444. The molecule has 1 fully saturated rings. The number of ether oxygens (including phenoxy) is 1. The minimum absolute atomic E-state index is 0.0182. The third-order valence-corrected chi connectivity index (χ3v) is 7.98. The van der Waals surface area contributed by atoms with E-state index < -0.39 is 0 Å². The largest absolute Gasteiger partial charge is 0.490 e. The molecule has 2 heterocycles. The first kappa shape index (κ1) is 22.8. The summed E-state index contributed by atoms with van der Waals surface area (Å²) in [5.41, 5.74) is 5.43. The first-order valence-electron chi connectivity index (χ1n) is 12.1. The Morgan fingerprint density at radius 3 is 2.79 bits per heavy atom. The summed E-state index contributed by atoms with van der Waals surface area (Å²) in [4.78, 5) is 19.4. The van der Waals surface area contributed by atoms with Crippen molar-refractivity contribution in [2.75, 3.05) is 19.6 Å². The molecule has 5 rings (SSSR count). The van der Waals surface area contributed by atoms with E-state index in [2.05, 4.69) is 29.6 Å². The molecule has 1 unspecified atom stereocenters. The van der Waals surface area contributed by atoms with Gasteiger partial charge in [0, 0.05) is 18.7 Å². The van der Waals surface area contributed by atoms with Gasteiger partial charge in [-0.25, -0.2) is 4.79 Å². The van der Waals surface area contributed by atoms with Crippen molar-refractivity contribution in [3.63, 3.8) is 0 Å². The quantitative estimate of drug-likeness (QED) is 0.632. The Hall–Kier alpha value is -2.98. The van der Waals surface area contributed by atoms with Gasteiger partial charge >= 0.3 is 6.03 Å². The number of nitrogens with one attached hydrogen (secondary N) is 1. The highest BCUT2D eigenvalue weighted by Crippen LogP contribution is 2.43. The lowest BCUT2D eigenvalue weighted by molar-refractivity contribution is 0.204. The number of carbonyl (C=O) groups is 1. The van der Waals surface area contributed by atoms with Crippen LogP contribution in [0.3, 0.4) is 0 Å². The number of benzene rings is 2. The second-order valence-corrected chi connectivity index (χ2v) is 10.6. The Labute approximate surface area is 205 Å². The number of nitrogens with zero attached hydrogens (tertiary/aromatic N) is 3. The third kappa shape index (κ3) is 4.52. The van der Waals surface area contributed by atoms with Crippen molar-refractivity contribution in [3.8, 4) is 11.8 Å². The standard InChI is InChI=1S/C27H30N4O2S/c1-17(2)33-24-11-8-18(14-19(24)15-28)26-29-16-25(34-26)22-7-5-6-21-20(22)9-10-23(21)30-27(32)31-12-3-4-13-31/h5-8,11,14,17,23,25H,3-4,9-10,12-13,16H2,1-2H3,(H,30,32)/t23-,25?/m0/s1. The summed E-state index contributed by atoms with van der Waals surface area (Å²) in [5, 5.41) is 14.1. The van der Waals surface area contributed by atoms with Gasteiger partial charge in [-0.1, -0.05) is 30.0 Å². The maximum Gasteiger partial charge on any atom is 0.317 e. The highest BCUT2D eigenvalue weighted by atomic mass is 32.2. The summed E-state index contributed by atoms with van der Waals surface area (Å²) in [5.74, 6) is 0.615. The fourth-order valence-electron chi connectivity index (χ4n) is 5.10. The number of carbonyl (C=O) groups excluding carboxylic acids is 1. The van der Waals surface area contributed by atoms with Gasteiger partial charge in [-0.2, -0.15) is 5.26 Å². The SMILES string of the molecule is CC(C)Oc1ccc(C2=NCC(c3cccc4c3CC[C@@H]4NC(=O)N3CCCC3)S2)cc1C#N. The van der Waals surface area contributed by atoms with E-state index >= 15 is 0 Å². The number of fused-ring (bicyclic) bond motifs is 1. The Morgan fingerprint density at radius 1 is 1.24 bits per heavy atom. The first-order chi connectivity index (χ1) is 16.5. The summed E-state index contributed by atoms with van der Waals surface area (Å²) >= 11 is 1.76. The van der Waals surface area contributed by atoms with Gasteiger partial charge in [-0.05, 0) is 74.4 Å². The number of likely N-dealkylation sites (tertiary alicyclic amines) is 1. The first-order valence-corrected chi connectivity index (χ1v) is 13.0. The van der Waals surface area contributed by atoms with Crippen LogP contribution in [0.1, 0.15) is 72.2 Å². The van der Waals surface area contributed by atoms with Crippen LogP contribution in [0.15, 0.2) is 41.4 Å². The lowest BCUT2D eigenvalue weighted by Gasteiger charge is -2.21. The molecule has 0 bridgehead atoms. The molecule has 2 aromatic rings. The van der Waals surface area contributed by atoms with E-state index in [1.807, 2.05) is 36.9 Å². The van der Waals surface area contributed by atoms with E-state index in [4.69, 9.17) is 9.73 Å². The Kier molecular flexibility index (Phi) is 6.51. The van der Waals surface area contributed by atoms with Crippen LogP contribution in [0.5, 0.6) is 5.75 Å². The number of urea groups is 1. The molecule has 1 N–H and O–H groups in total. The summed E-state index contributed by atoms with van der Waals surface area (Å²) < 4.78 is 5.76. The fourth-order valence-corrected chi connectivity index (χ4v) is 6.28. The van der Waals surface area contributed by atoms with Crippen molar-refractivity contribution in [1.82, 2.24) is 10.2 Å². The van der Waals surface area contributed by atoms with Gasteiger partial charge in [0.15, 0.2) is 0 Å². The smallest absolute Gasteiger partial charge is 0.317 e. The van der Waals surface area contributed by atoms with E-state index in [0.717, 1.165) is 49.4 Å². The van der Waals surface area contributed by atoms with Gasteiger partial charge in [0.25, 0.3) is 0 Å². The van der Waals surface area contributed by atoms with Crippen LogP contribution in [-0.4, -0.2) is 41.7 Å². The van der Waals surface area contributed by atoms with E-state index in [-0.39, 0.29) is 23.4 Å². The monoisotopic (exact) mass is 474 g/mol. The summed E-state index contributed by atoms with van der Waals surface area (Å²) in [6.07, 6.45) is 4.14. The number of thioether (sulfide) groups is 1. The van der Waals surface area contributed by atoms with Crippen molar-refractivity contribution in [1.29, 1.82) is 5.26 Å². The minimum Gasteiger partial charge on any atom is -0.490 e. The molecule has 176 valence electrons. The van der Waals surface area contributed by atoms with Crippen LogP contribution in [0, 0.1) is 11.3 Å². The topological polar surface area (TPSA) is 77.7 Å². The van der Waals surface area contributed by atoms with Crippen molar-refractivity contribution < 1.29 is 9.53 Å². The van der Waals surface area contributed by atoms with Crippen molar-refractivity contribution in [3.05, 3.63) is 64.2 Å². The van der Waals surface area contributed by atoms with Gasteiger partial charge in [0.2, 0.25) is 0 Å². The minimum atomic E-state index is 0.0182. The molecule has 0 spiro atoms. The average Bonchev–Trinajstić information content (AvgIpc) is 3.60. The van der Waals surface area contributed by atoms with Gasteiger partial charge in [-0.3, -0.25) is 4.99 Å². The summed E-state index contributed by atoms with van der Waals surface area (Å²) in [7, 11) is 0. The number of rotatable bonds is 5. The summed E-state index contributed by atoms with van der Waals surface area (Å²) in [6, 6.07) is 14.6. The lowest BCUT2D eigenvalue weighted by atomic mass is 9.99. The predicted molar refractivity (Wildman–Crippen MR) is 135 cm³/mol. The zero-order valence-electron chi connectivity index (χ0n) is 19.7. The number of hydrogen-bond donors (Lipinski definition) is 1. The van der Waals surface area contributed by atoms with Gasteiger partial charge in [0.05, 0.1) is 34.5 Å². The van der Waals surface area contributed by atoms with Crippen LogP contribution < -0.4 is 10.1 Å². The molecule has 1 saturated heterocycles. The molecule has 0 aromatic heterocycles. The second-order valence-electron chi connectivity index (χ2n) is 9.39. The highest BCUT2D eigenvalue weighted by Gasteiger charge is 2.32. The number of aliphatic imine (C=N–C) groups is 1. The van der Waals surface area contributed by atoms with Crippen LogP contribution in [0.4, 0.5) is 4.79 Å². The Balaban J connectivity index is 1.30. The Bertz CT molecular complexity index is 1160. The van der Waals surface area contributed by atoms with Crippen LogP contribution in [-0.2, 0) is 6.42 Å². The van der Waals surface area contributed by atoms with Gasteiger partial charge < -0.3 is 15.0 Å². The molecule has 0 saturated carbocycles. The molecule has 7 heteroatoms. The lowest BCUT2D eigenvalue weighted by Crippen LogP contribution is -2.39. The Morgan fingerprint density at radius 2 is 2.03 bits per heavy atom. The zero-order valence-corrected chi connectivity index (χ0v) is 20.5. The van der Waals surface area contributed by atoms with E-state index in [0.29, 0.717) is 17.9 Å². The van der Waals surface area contributed by atoms with Gasteiger partial charge in [-0.15, -0.1) is 0 Å². The normalized spacial score (nSPS) is 21.4. The molecule has 2 aromatic carbocycles. The molecule has 2 aliphatic heterocycles. The number of hydrogen-bond acceptors (Lipinski definition) is 5. The third-order valence-electron chi connectivity index (χ3n) is 6.71. The zero-order chi connectivity index (χ0) is 23.7. The van der Waals surface area contributed by atoms with Crippen LogP contribution >= 0.6 is 11.8 Å². The molecule has 34 heavy (non-hydrogen) atoms. The number of nitriles is 1.